The topological polar surface area (TPSA) is 345 Å². The third-order valence-electron chi connectivity index (χ3n) is 12.4. The van der Waals surface area contributed by atoms with Crippen LogP contribution in [0.3, 0.4) is 0 Å². The Kier molecular flexibility index (Phi) is 20.6. The highest BCUT2D eigenvalue weighted by Gasteiger charge is 2.48. The zero-order valence-electron chi connectivity index (χ0n) is 40.4. The van der Waals surface area contributed by atoms with Crippen molar-refractivity contribution in [1.82, 2.24) is 5.06 Å². The summed E-state index contributed by atoms with van der Waals surface area (Å²) < 4.78 is 174. The Morgan fingerprint density at radius 1 is 0.685 bits per heavy atom. The molecule has 28 heteroatoms. The Hall–Kier alpha value is -4.56. The number of carbonyl (C=O) groups excluding carboxylic acids is 3. The molecule has 73 heavy (non-hydrogen) atoms. The molecule has 0 aromatic heterocycles. The van der Waals surface area contributed by atoms with E-state index in [1.807, 2.05) is 0 Å². The molecule has 0 N–H and O–H groups in total. The zero-order chi connectivity index (χ0) is 53.8. The van der Waals surface area contributed by atoms with Crippen LogP contribution in [0, 0.1) is 0 Å². The molecule has 0 radical (unpaired) electrons. The maximum absolute atomic E-state index is 12.3. The summed E-state index contributed by atoms with van der Waals surface area (Å²) >= 11 is 0. The summed E-state index contributed by atoms with van der Waals surface area (Å²) in [5.74, 6) is -3.43. The van der Waals surface area contributed by atoms with Crippen molar-refractivity contribution in [3.63, 3.8) is 0 Å². The van der Waals surface area contributed by atoms with Crippen LogP contribution in [0.2, 0.25) is 0 Å². The zero-order valence-corrected chi connectivity index (χ0v) is 43.7. The van der Waals surface area contributed by atoms with E-state index in [1.54, 1.807) is 41.6 Å². The third-order valence-corrected chi connectivity index (χ3v) is 15.6. The molecule has 2 aromatic rings. The molecule has 0 bridgehead atoms. The molecular formula is C45H58N3O21S4-3. The molecule has 3 heterocycles. The van der Waals surface area contributed by atoms with Crippen LogP contribution in [0.5, 0.6) is 0 Å². The first-order valence-electron chi connectivity index (χ1n) is 23.0. The van der Waals surface area contributed by atoms with Gasteiger partial charge < -0.3 is 51.6 Å². The summed E-state index contributed by atoms with van der Waals surface area (Å²) in [4.78, 5) is 40.5. The van der Waals surface area contributed by atoms with Gasteiger partial charge in [-0.05, 0) is 81.5 Å². The van der Waals surface area contributed by atoms with E-state index in [0.717, 1.165) is 12.1 Å². The number of hydrogen-bond acceptors (Lipinski definition) is 22. The van der Waals surface area contributed by atoms with Gasteiger partial charge in [0.1, 0.15) is 26.8 Å². The molecule has 2 aromatic carbocycles. The molecule has 2 atom stereocenters. The van der Waals surface area contributed by atoms with Crippen LogP contribution in [0.4, 0.5) is 11.4 Å². The Labute approximate surface area is 424 Å². The molecule has 406 valence electrons. The minimum atomic E-state index is -4.98. The van der Waals surface area contributed by atoms with Crippen molar-refractivity contribution in [3.05, 3.63) is 71.5 Å². The first kappa shape index (κ1) is 59.3. The second kappa shape index (κ2) is 25.3. The van der Waals surface area contributed by atoms with Gasteiger partial charge >= 0.3 is 5.97 Å². The molecule has 0 aliphatic carbocycles. The number of hydrogen-bond donors (Lipinski definition) is 0. The van der Waals surface area contributed by atoms with E-state index in [2.05, 4.69) is 0 Å². The number of nitrogens with zero attached hydrogens (tertiary/aromatic N) is 3. The number of ether oxygens (including phenoxy) is 5. The Morgan fingerprint density at radius 3 is 1.73 bits per heavy atom. The van der Waals surface area contributed by atoms with E-state index in [0.29, 0.717) is 39.0 Å². The van der Waals surface area contributed by atoms with Crippen molar-refractivity contribution >= 4 is 75.3 Å². The normalized spacial score (nSPS) is 20.0. The highest BCUT2D eigenvalue weighted by atomic mass is 32.2. The number of fused-ring (bicyclic) bond motifs is 2. The Bertz CT molecular complexity index is 2890. The summed E-state index contributed by atoms with van der Waals surface area (Å²) in [6.45, 7) is 4.92. The lowest BCUT2D eigenvalue weighted by Crippen LogP contribution is -2.33. The minimum Gasteiger partial charge on any atom is -0.748 e. The number of carbonyl (C=O) groups is 3. The van der Waals surface area contributed by atoms with Crippen molar-refractivity contribution in [3.8, 4) is 0 Å². The Balaban J connectivity index is 1.34. The standard InChI is InChI=1S/C45H61N3O21S4/c1-44(16-5-29-70(52,53)54)35-31-33(72(58,59)60)9-11-37(35)46(18-21-64-3)39(44)7-4-8-40-45(2,17-6-30-71(55,56)57)36-32-34(73(61,62)63)10-12-38(36)47(40)19-22-66-24-26-68-28-27-67-25-23-65-20-15-43(51)69-48-41(49)13-14-42(48)50/h4,7-12,31-32H,5-6,13-30H2,1-3H3,(H3-,52,53,54,55,56,57,58,59,60,61,62,63)/p-3. The van der Waals surface area contributed by atoms with Crippen LogP contribution < -0.4 is 4.90 Å². The first-order valence-corrected chi connectivity index (χ1v) is 28.9. The highest BCUT2D eigenvalue weighted by Crippen LogP contribution is 2.51. The predicted molar refractivity (Wildman–Crippen MR) is 252 cm³/mol. The molecule has 3 aliphatic heterocycles. The molecule has 2 unspecified atom stereocenters. The van der Waals surface area contributed by atoms with Gasteiger partial charge in [-0.15, -0.1) is 5.06 Å². The second-order valence-corrected chi connectivity index (χ2v) is 23.3. The molecule has 5 rings (SSSR count). The van der Waals surface area contributed by atoms with Crippen molar-refractivity contribution < 1.29 is 99.4 Å². The monoisotopic (exact) mass is 1100 g/mol. The van der Waals surface area contributed by atoms with E-state index in [4.69, 9.17) is 28.5 Å². The van der Waals surface area contributed by atoms with E-state index in [9.17, 15) is 66.3 Å². The molecule has 0 spiro atoms. The average molecular weight is 1110 g/mol. The maximum atomic E-state index is 12.3. The number of rotatable bonds is 31. The molecule has 24 nitrogen and oxygen atoms in total. The van der Waals surface area contributed by atoms with E-state index in [-0.39, 0.29) is 117 Å². The molecule has 2 amide bonds. The van der Waals surface area contributed by atoms with Gasteiger partial charge in [0.2, 0.25) is 5.69 Å². The second-order valence-electron chi connectivity index (χ2n) is 17.5. The van der Waals surface area contributed by atoms with E-state index in [1.165, 1.54) is 31.4 Å². The van der Waals surface area contributed by atoms with Gasteiger partial charge in [-0.3, -0.25) is 9.59 Å². The predicted octanol–water partition coefficient (Wildman–Crippen LogP) is 1.43. The maximum Gasteiger partial charge on any atom is 0.335 e. The van der Waals surface area contributed by atoms with Crippen LogP contribution >= 0.6 is 0 Å². The fraction of sp³-hybridized carbons (Fsp3) is 0.556. The average Bonchev–Trinajstić information content (AvgIpc) is 3.82. The lowest BCUT2D eigenvalue weighted by molar-refractivity contribution is -0.442. The van der Waals surface area contributed by atoms with E-state index < -0.39 is 90.4 Å². The van der Waals surface area contributed by atoms with E-state index >= 15 is 0 Å². The molecule has 3 aliphatic rings. The van der Waals surface area contributed by atoms with Crippen LogP contribution in [0.1, 0.15) is 69.9 Å². The number of allylic oxidation sites excluding steroid dienone is 4. The smallest absolute Gasteiger partial charge is 0.335 e. The number of benzene rings is 2. The first-order chi connectivity index (χ1) is 34.2. The van der Waals surface area contributed by atoms with Gasteiger partial charge in [0.05, 0.1) is 94.7 Å². The number of hydroxylamine groups is 2. The van der Waals surface area contributed by atoms with Crippen LogP contribution in [-0.2, 0) is 94.2 Å². The molecule has 1 fully saturated rings. The lowest BCUT2D eigenvalue weighted by Gasteiger charge is -2.30. The molecule has 0 saturated carbocycles. The van der Waals surface area contributed by atoms with Crippen molar-refractivity contribution in [2.75, 3.05) is 96.1 Å². The Morgan fingerprint density at radius 2 is 1.19 bits per heavy atom. The highest BCUT2D eigenvalue weighted by molar-refractivity contribution is 7.86. The summed E-state index contributed by atoms with van der Waals surface area (Å²) in [7, 11) is -17.8. The molecular weight excluding hydrogens is 1050 g/mol. The number of anilines is 1. The largest absolute Gasteiger partial charge is 0.748 e. The fourth-order valence-electron chi connectivity index (χ4n) is 8.88. The van der Waals surface area contributed by atoms with Crippen molar-refractivity contribution in [1.29, 1.82) is 0 Å². The van der Waals surface area contributed by atoms with Gasteiger partial charge in [-0.25, -0.2) is 38.5 Å². The number of imide groups is 1. The number of methoxy groups -OCH3 is 1. The van der Waals surface area contributed by atoms with Crippen LogP contribution in [0.15, 0.2) is 70.1 Å². The fourth-order valence-corrected chi connectivity index (χ4v) is 10.9. The minimum absolute atomic E-state index is 0.00995. The SMILES string of the molecule is COCCN1C(=CC=CC2=[N+](CCOCCOCCOCCOCCC(=O)ON3C(=O)CCC3=O)c3ccc(S(=O)(=O)[O-])cc3C2(C)CCCS(=O)(=O)[O-])C(C)(CCCS(=O)(=O)[O-])c2cc(S(=O)(=O)[O-])ccc21. The van der Waals surface area contributed by atoms with Crippen LogP contribution in [-0.4, -0.2) is 176 Å². The van der Waals surface area contributed by atoms with Gasteiger partial charge in [-0.2, -0.15) is 4.58 Å². The van der Waals surface area contributed by atoms with Gasteiger partial charge in [0, 0.05) is 72.5 Å². The lowest BCUT2D eigenvalue weighted by atomic mass is 9.75. The molecule has 1 saturated heterocycles. The summed E-state index contributed by atoms with van der Waals surface area (Å²) in [6.07, 6.45) is 4.44. The summed E-state index contributed by atoms with van der Waals surface area (Å²) in [6, 6.07) is 7.61. The van der Waals surface area contributed by atoms with Gasteiger partial charge in [-0.1, -0.05) is 6.08 Å². The summed E-state index contributed by atoms with van der Waals surface area (Å²) in [5, 5.41) is 0.461. The summed E-state index contributed by atoms with van der Waals surface area (Å²) in [5.41, 5.74) is 0.191. The van der Waals surface area contributed by atoms with Crippen LogP contribution in [0.25, 0.3) is 0 Å². The number of amides is 2. The van der Waals surface area contributed by atoms with Gasteiger partial charge in [0.25, 0.3) is 11.8 Å². The van der Waals surface area contributed by atoms with Gasteiger partial charge in [0.15, 0.2) is 12.3 Å². The van der Waals surface area contributed by atoms with Crippen molar-refractivity contribution in [2.45, 2.75) is 79.4 Å². The van der Waals surface area contributed by atoms with Crippen molar-refractivity contribution in [2.24, 2.45) is 0 Å². The third kappa shape index (κ3) is 16.2. The quantitative estimate of drug-likeness (QED) is 0.0446.